The summed E-state index contributed by atoms with van der Waals surface area (Å²) in [6.45, 7) is 0.257. The second-order valence-electron chi connectivity index (χ2n) is 5.21. The first kappa shape index (κ1) is 12.8. The minimum atomic E-state index is -0.833. The van der Waals surface area contributed by atoms with Gasteiger partial charge in [0.2, 0.25) is 6.79 Å². The lowest BCUT2D eigenvalue weighted by molar-refractivity contribution is -0.136. The number of hydrogen-bond acceptors (Lipinski definition) is 3. The van der Waals surface area contributed by atoms with Gasteiger partial charge in [-0.25, -0.2) is 0 Å². The molecular formula is C17H13NO4. The van der Waals surface area contributed by atoms with Gasteiger partial charge in [-0.05, 0) is 34.9 Å². The Labute approximate surface area is 126 Å². The zero-order valence-corrected chi connectivity index (χ0v) is 11.6. The van der Waals surface area contributed by atoms with Crippen LogP contribution in [0.4, 0.5) is 0 Å². The van der Waals surface area contributed by atoms with E-state index in [0.29, 0.717) is 0 Å². The molecule has 0 radical (unpaired) electrons. The molecule has 1 aliphatic rings. The summed E-state index contributed by atoms with van der Waals surface area (Å²) < 4.78 is 10.7. The summed E-state index contributed by atoms with van der Waals surface area (Å²) >= 11 is 0. The normalized spacial score (nSPS) is 12.7. The quantitative estimate of drug-likeness (QED) is 0.778. The number of carbonyl (C=O) groups is 1. The van der Waals surface area contributed by atoms with Crippen LogP contribution in [0, 0.1) is 0 Å². The summed E-state index contributed by atoms with van der Waals surface area (Å²) in [5.41, 5.74) is 3.78. The van der Waals surface area contributed by atoms with Gasteiger partial charge in [0.25, 0.3) is 0 Å². The van der Waals surface area contributed by atoms with E-state index in [1.54, 1.807) is 6.20 Å². The van der Waals surface area contributed by atoms with Crippen LogP contribution in [-0.4, -0.2) is 22.9 Å². The molecule has 22 heavy (non-hydrogen) atoms. The van der Waals surface area contributed by atoms with Crippen LogP contribution in [0.1, 0.15) is 5.56 Å². The van der Waals surface area contributed by atoms with Crippen LogP contribution in [0.25, 0.3) is 22.0 Å². The third-order valence-electron chi connectivity index (χ3n) is 3.82. The summed E-state index contributed by atoms with van der Waals surface area (Å²) in [6.07, 6.45) is 1.77. The lowest BCUT2D eigenvalue weighted by Gasteiger charge is -2.04. The maximum absolute atomic E-state index is 10.9. The Morgan fingerprint density at radius 1 is 1.09 bits per heavy atom. The zero-order valence-electron chi connectivity index (χ0n) is 11.6. The summed E-state index contributed by atoms with van der Waals surface area (Å²) in [5.74, 6) is 0.671. The number of carboxylic acid groups (broad SMARTS) is 1. The molecule has 0 spiro atoms. The van der Waals surface area contributed by atoms with Crippen LogP contribution in [0.15, 0.2) is 42.6 Å². The number of carboxylic acids is 1. The minimum Gasteiger partial charge on any atom is -0.481 e. The SMILES string of the molecule is O=C(O)Cc1c[nH]c2cc(-c3ccc4c(c3)OCO4)ccc12. The third kappa shape index (κ3) is 2.07. The Hall–Kier alpha value is -2.95. The third-order valence-corrected chi connectivity index (χ3v) is 3.82. The van der Waals surface area contributed by atoms with Gasteiger partial charge in [0, 0.05) is 17.1 Å². The first-order valence-electron chi connectivity index (χ1n) is 6.92. The summed E-state index contributed by atoms with van der Waals surface area (Å²) in [4.78, 5) is 14.0. The molecule has 2 heterocycles. The van der Waals surface area contributed by atoms with Crippen LogP contribution in [0.5, 0.6) is 11.5 Å². The molecule has 0 saturated heterocycles. The summed E-state index contributed by atoms with van der Waals surface area (Å²) in [6, 6.07) is 11.8. The van der Waals surface area contributed by atoms with Gasteiger partial charge < -0.3 is 19.6 Å². The van der Waals surface area contributed by atoms with Crippen LogP contribution < -0.4 is 9.47 Å². The molecule has 3 aromatic rings. The predicted molar refractivity (Wildman–Crippen MR) is 81.2 cm³/mol. The van der Waals surface area contributed by atoms with Gasteiger partial charge in [-0.1, -0.05) is 18.2 Å². The van der Waals surface area contributed by atoms with Crippen molar-refractivity contribution >= 4 is 16.9 Å². The number of ether oxygens (including phenoxy) is 2. The van der Waals surface area contributed by atoms with E-state index in [4.69, 9.17) is 14.6 Å². The molecule has 4 rings (SSSR count). The van der Waals surface area contributed by atoms with Crippen LogP contribution in [0.2, 0.25) is 0 Å². The largest absolute Gasteiger partial charge is 0.481 e. The molecule has 110 valence electrons. The number of rotatable bonds is 3. The van der Waals surface area contributed by atoms with Crippen LogP contribution in [0.3, 0.4) is 0 Å². The Bertz CT molecular complexity index is 881. The van der Waals surface area contributed by atoms with Crippen LogP contribution >= 0.6 is 0 Å². The second kappa shape index (κ2) is 4.80. The fourth-order valence-corrected chi connectivity index (χ4v) is 2.75. The number of aromatic amines is 1. The molecule has 5 heteroatoms. The lowest BCUT2D eigenvalue weighted by Crippen LogP contribution is -1.98. The maximum Gasteiger partial charge on any atom is 0.307 e. The van der Waals surface area contributed by atoms with E-state index in [-0.39, 0.29) is 13.2 Å². The van der Waals surface area contributed by atoms with E-state index in [0.717, 1.165) is 39.1 Å². The average Bonchev–Trinajstić information content (AvgIpc) is 3.12. The minimum absolute atomic E-state index is 0.0172. The van der Waals surface area contributed by atoms with Crippen molar-refractivity contribution in [3.8, 4) is 22.6 Å². The fraction of sp³-hybridized carbons (Fsp3) is 0.118. The highest BCUT2D eigenvalue weighted by Crippen LogP contribution is 2.36. The molecular weight excluding hydrogens is 282 g/mol. The molecule has 0 fully saturated rings. The highest BCUT2D eigenvalue weighted by Gasteiger charge is 2.14. The molecule has 0 unspecified atom stereocenters. The summed E-state index contributed by atoms with van der Waals surface area (Å²) in [5, 5.41) is 9.86. The molecule has 0 amide bonds. The van der Waals surface area contributed by atoms with Crippen molar-refractivity contribution in [3.05, 3.63) is 48.2 Å². The van der Waals surface area contributed by atoms with Crippen molar-refractivity contribution in [2.45, 2.75) is 6.42 Å². The average molecular weight is 295 g/mol. The first-order chi connectivity index (χ1) is 10.7. The van der Waals surface area contributed by atoms with Gasteiger partial charge in [-0.2, -0.15) is 0 Å². The number of benzene rings is 2. The Kier molecular flexibility index (Phi) is 2.79. The van der Waals surface area contributed by atoms with E-state index in [1.807, 2.05) is 36.4 Å². The molecule has 0 saturated carbocycles. The number of hydrogen-bond donors (Lipinski definition) is 2. The Morgan fingerprint density at radius 3 is 2.73 bits per heavy atom. The van der Waals surface area contributed by atoms with Gasteiger partial charge in [0.05, 0.1) is 6.42 Å². The van der Waals surface area contributed by atoms with Gasteiger partial charge in [-0.3, -0.25) is 4.79 Å². The van der Waals surface area contributed by atoms with E-state index in [9.17, 15) is 4.79 Å². The highest BCUT2D eigenvalue weighted by molar-refractivity contribution is 5.90. The monoisotopic (exact) mass is 295 g/mol. The molecule has 5 nitrogen and oxygen atoms in total. The molecule has 0 bridgehead atoms. The molecule has 0 atom stereocenters. The van der Waals surface area contributed by atoms with E-state index in [2.05, 4.69) is 4.98 Å². The van der Waals surface area contributed by atoms with E-state index in [1.165, 1.54) is 0 Å². The molecule has 1 aliphatic heterocycles. The van der Waals surface area contributed by atoms with Crippen molar-refractivity contribution in [1.82, 2.24) is 4.98 Å². The molecule has 2 aromatic carbocycles. The second-order valence-corrected chi connectivity index (χ2v) is 5.21. The number of fused-ring (bicyclic) bond motifs is 2. The molecule has 2 N–H and O–H groups in total. The Balaban J connectivity index is 1.75. The van der Waals surface area contributed by atoms with Gasteiger partial charge in [-0.15, -0.1) is 0 Å². The molecule has 0 aliphatic carbocycles. The van der Waals surface area contributed by atoms with Crippen molar-refractivity contribution in [2.24, 2.45) is 0 Å². The number of aromatic nitrogens is 1. The van der Waals surface area contributed by atoms with Crippen molar-refractivity contribution < 1.29 is 19.4 Å². The topological polar surface area (TPSA) is 71.5 Å². The smallest absolute Gasteiger partial charge is 0.307 e. The van der Waals surface area contributed by atoms with Crippen molar-refractivity contribution in [1.29, 1.82) is 0 Å². The number of H-pyrrole nitrogens is 1. The van der Waals surface area contributed by atoms with E-state index < -0.39 is 5.97 Å². The van der Waals surface area contributed by atoms with Gasteiger partial charge in [0.1, 0.15) is 0 Å². The summed E-state index contributed by atoms with van der Waals surface area (Å²) in [7, 11) is 0. The Morgan fingerprint density at radius 2 is 1.86 bits per heavy atom. The number of nitrogens with one attached hydrogen (secondary N) is 1. The van der Waals surface area contributed by atoms with Gasteiger partial charge >= 0.3 is 5.97 Å². The predicted octanol–water partition coefficient (Wildman–Crippen LogP) is 3.19. The van der Waals surface area contributed by atoms with Crippen LogP contribution in [-0.2, 0) is 11.2 Å². The number of aliphatic carboxylic acids is 1. The lowest BCUT2D eigenvalue weighted by atomic mass is 10.0. The van der Waals surface area contributed by atoms with E-state index >= 15 is 0 Å². The van der Waals surface area contributed by atoms with Crippen molar-refractivity contribution in [3.63, 3.8) is 0 Å². The van der Waals surface area contributed by atoms with Gasteiger partial charge in [0.15, 0.2) is 11.5 Å². The zero-order chi connectivity index (χ0) is 15.1. The van der Waals surface area contributed by atoms with Crippen molar-refractivity contribution in [2.75, 3.05) is 6.79 Å². The fourth-order valence-electron chi connectivity index (χ4n) is 2.75. The molecule has 1 aromatic heterocycles. The highest BCUT2D eigenvalue weighted by atomic mass is 16.7. The first-order valence-corrected chi connectivity index (χ1v) is 6.92. The maximum atomic E-state index is 10.9. The standard InChI is InChI=1S/C17H13NO4/c19-17(20)7-12-8-18-14-5-10(1-3-13(12)14)11-2-4-15-16(6-11)22-9-21-15/h1-6,8,18H,7,9H2,(H,19,20).